The summed E-state index contributed by atoms with van der Waals surface area (Å²) in [5.74, 6) is 1.10. The number of carbonyl (C=O) groups is 1. The van der Waals surface area contributed by atoms with Gasteiger partial charge in [0.25, 0.3) is 0 Å². The van der Waals surface area contributed by atoms with Gasteiger partial charge in [-0.05, 0) is 38.5 Å². The first-order valence-electron chi connectivity index (χ1n) is 9.58. The molecule has 2 aliphatic rings. The van der Waals surface area contributed by atoms with Gasteiger partial charge in [-0.1, -0.05) is 0 Å². The molecule has 1 saturated carbocycles. The maximum absolute atomic E-state index is 11.7. The number of likely N-dealkylation sites (tertiary alicyclic amines) is 1. The minimum atomic E-state index is 0. The van der Waals surface area contributed by atoms with Crippen LogP contribution in [0, 0.1) is 0 Å². The van der Waals surface area contributed by atoms with E-state index in [0.29, 0.717) is 18.6 Å². The SMILES string of the molecule is CN=C(NCCCC(=O)NC1CC1)N1CCC(OCCCOC)CC1.I. The van der Waals surface area contributed by atoms with Crippen molar-refractivity contribution in [3.05, 3.63) is 0 Å². The number of aliphatic imine (C=N–C) groups is 1. The summed E-state index contributed by atoms with van der Waals surface area (Å²) in [7, 11) is 3.53. The Kier molecular flexibility index (Phi) is 12.2. The van der Waals surface area contributed by atoms with Crippen LogP contribution in [0.2, 0.25) is 0 Å². The number of carbonyl (C=O) groups excluding carboxylic acids is 1. The Morgan fingerprint density at radius 3 is 2.50 bits per heavy atom. The molecule has 0 radical (unpaired) electrons. The first kappa shape index (κ1) is 23.4. The van der Waals surface area contributed by atoms with Gasteiger partial charge < -0.3 is 25.0 Å². The highest BCUT2D eigenvalue weighted by Crippen LogP contribution is 2.18. The van der Waals surface area contributed by atoms with Crippen LogP contribution in [0.4, 0.5) is 0 Å². The molecular formula is C18H35IN4O3. The van der Waals surface area contributed by atoms with Gasteiger partial charge >= 0.3 is 0 Å². The predicted octanol–water partition coefficient (Wildman–Crippen LogP) is 1.76. The number of piperidine rings is 1. The molecule has 2 fully saturated rings. The van der Waals surface area contributed by atoms with E-state index in [1.54, 1.807) is 7.11 Å². The Morgan fingerprint density at radius 2 is 1.88 bits per heavy atom. The number of methoxy groups -OCH3 is 1. The van der Waals surface area contributed by atoms with Gasteiger partial charge in [-0.25, -0.2) is 0 Å². The van der Waals surface area contributed by atoms with Crippen molar-refractivity contribution in [3.63, 3.8) is 0 Å². The molecule has 0 atom stereocenters. The number of hydrogen-bond acceptors (Lipinski definition) is 4. The van der Waals surface area contributed by atoms with Gasteiger partial charge in [0.15, 0.2) is 5.96 Å². The molecule has 0 unspecified atom stereocenters. The Labute approximate surface area is 174 Å². The van der Waals surface area contributed by atoms with Crippen molar-refractivity contribution in [2.75, 3.05) is 47.0 Å². The summed E-state index contributed by atoms with van der Waals surface area (Å²) in [6, 6.07) is 0.450. The minimum Gasteiger partial charge on any atom is -0.385 e. The van der Waals surface area contributed by atoms with Crippen LogP contribution in [-0.2, 0) is 14.3 Å². The van der Waals surface area contributed by atoms with E-state index in [1.807, 2.05) is 7.05 Å². The molecule has 26 heavy (non-hydrogen) atoms. The maximum Gasteiger partial charge on any atom is 0.220 e. The largest absolute Gasteiger partial charge is 0.385 e. The first-order chi connectivity index (χ1) is 12.2. The third-order valence-electron chi connectivity index (χ3n) is 4.61. The predicted molar refractivity (Wildman–Crippen MR) is 114 cm³/mol. The summed E-state index contributed by atoms with van der Waals surface area (Å²) in [6.07, 6.45) is 7.04. The Morgan fingerprint density at radius 1 is 1.15 bits per heavy atom. The molecule has 1 heterocycles. The number of amides is 1. The van der Waals surface area contributed by atoms with Crippen molar-refractivity contribution in [1.29, 1.82) is 0 Å². The van der Waals surface area contributed by atoms with E-state index in [-0.39, 0.29) is 29.9 Å². The van der Waals surface area contributed by atoms with Gasteiger partial charge in [0.2, 0.25) is 5.91 Å². The smallest absolute Gasteiger partial charge is 0.220 e. The average molecular weight is 482 g/mol. The molecule has 0 spiro atoms. The zero-order chi connectivity index (χ0) is 17.9. The van der Waals surface area contributed by atoms with E-state index < -0.39 is 0 Å². The summed E-state index contributed by atoms with van der Waals surface area (Å²) < 4.78 is 10.9. The molecule has 0 aromatic rings. The summed E-state index contributed by atoms with van der Waals surface area (Å²) >= 11 is 0. The molecule has 152 valence electrons. The van der Waals surface area contributed by atoms with Crippen LogP contribution in [0.1, 0.15) is 44.9 Å². The second kappa shape index (κ2) is 13.5. The zero-order valence-corrected chi connectivity index (χ0v) is 18.5. The molecule has 2 N–H and O–H groups in total. The highest BCUT2D eigenvalue weighted by molar-refractivity contribution is 14.0. The minimum absolute atomic E-state index is 0. The van der Waals surface area contributed by atoms with Crippen molar-refractivity contribution in [1.82, 2.24) is 15.5 Å². The van der Waals surface area contributed by atoms with Gasteiger partial charge in [-0.15, -0.1) is 24.0 Å². The van der Waals surface area contributed by atoms with E-state index in [2.05, 4.69) is 20.5 Å². The quantitative estimate of drug-likeness (QED) is 0.215. The van der Waals surface area contributed by atoms with Crippen LogP contribution in [0.5, 0.6) is 0 Å². The van der Waals surface area contributed by atoms with E-state index in [1.165, 1.54) is 0 Å². The maximum atomic E-state index is 11.7. The van der Waals surface area contributed by atoms with E-state index in [0.717, 1.165) is 77.3 Å². The fourth-order valence-corrected chi connectivity index (χ4v) is 3.00. The molecule has 0 aromatic heterocycles. The van der Waals surface area contributed by atoms with Gasteiger partial charge in [0.05, 0.1) is 6.10 Å². The summed E-state index contributed by atoms with van der Waals surface area (Å²) in [5, 5.41) is 6.40. The van der Waals surface area contributed by atoms with Gasteiger partial charge in [0, 0.05) is 59.5 Å². The number of halogens is 1. The van der Waals surface area contributed by atoms with Crippen molar-refractivity contribution in [2.45, 2.75) is 57.1 Å². The molecule has 1 aliphatic carbocycles. The van der Waals surface area contributed by atoms with Crippen molar-refractivity contribution in [3.8, 4) is 0 Å². The lowest BCUT2D eigenvalue weighted by Crippen LogP contribution is -2.47. The van der Waals surface area contributed by atoms with E-state index in [4.69, 9.17) is 9.47 Å². The van der Waals surface area contributed by atoms with Gasteiger partial charge in [-0.2, -0.15) is 0 Å². The number of hydrogen-bond donors (Lipinski definition) is 2. The lowest BCUT2D eigenvalue weighted by atomic mass is 10.1. The summed E-state index contributed by atoms with van der Waals surface area (Å²) in [5.41, 5.74) is 0. The molecule has 1 amide bonds. The Balaban J connectivity index is 0.00000338. The Hall–Kier alpha value is -0.610. The number of nitrogens with zero attached hydrogens (tertiary/aromatic N) is 2. The number of ether oxygens (including phenoxy) is 2. The zero-order valence-electron chi connectivity index (χ0n) is 16.2. The van der Waals surface area contributed by atoms with Crippen LogP contribution >= 0.6 is 24.0 Å². The highest BCUT2D eigenvalue weighted by Gasteiger charge is 2.23. The molecule has 1 aliphatic heterocycles. The van der Waals surface area contributed by atoms with Crippen LogP contribution in [0.25, 0.3) is 0 Å². The van der Waals surface area contributed by atoms with Crippen LogP contribution in [-0.4, -0.2) is 75.9 Å². The number of rotatable bonds is 10. The molecule has 7 nitrogen and oxygen atoms in total. The molecular weight excluding hydrogens is 447 g/mol. The lowest BCUT2D eigenvalue weighted by molar-refractivity contribution is -0.121. The normalized spacial score (nSPS) is 18.4. The topological polar surface area (TPSA) is 75.2 Å². The second-order valence-corrected chi connectivity index (χ2v) is 6.82. The molecule has 0 bridgehead atoms. The van der Waals surface area contributed by atoms with Crippen LogP contribution < -0.4 is 10.6 Å². The fourth-order valence-electron chi connectivity index (χ4n) is 3.00. The van der Waals surface area contributed by atoms with E-state index in [9.17, 15) is 4.79 Å². The second-order valence-electron chi connectivity index (χ2n) is 6.82. The lowest BCUT2D eigenvalue weighted by Gasteiger charge is -2.34. The number of nitrogens with one attached hydrogen (secondary N) is 2. The standard InChI is InChI=1S/C18H34N4O3.HI/c1-19-18(20-10-3-5-17(23)21-15-6-7-15)22-11-8-16(9-12-22)25-14-4-13-24-2;/h15-16H,3-14H2,1-2H3,(H,19,20)(H,21,23);1H. The average Bonchev–Trinajstić information content (AvgIpc) is 3.43. The molecule has 1 saturated heterocycles. The van der Waals surface area contributed by atoms with Crippen molar-refractivity contribution in [2.24, 2.45) is 4.99 Å². The molecule has 2 rings (SSSR count). The third kappa shape index (κ3) is 9.36. The van der Waals surface area contributed by atoms with Crippen molar-refractivity contribution < 1.29 is 14.3 Å². The summed E-state index contributed by atoms with van der Waals surface area (Å²) in [4.78, 5) is 18.3. The van der Waals surface area contributed by atoms with Crippen LogP contribution in [0.3, 0.4) is 0 Å². The van der Waals surface area contributed by atoms with Gasteiger partial charge in [0.1, 0.15) is 0 Å². The van der Waals surface area contributed by atoms with Gasteiger partial charge in [-0.3, -0.25) is 9.79 Å². The number of guanidine groups is 1. The van der Waals surface area contributed by atoms with Crippen LogP contribution in [0.15, 0.2) is 4.99 Å². The Bertz CT molecular complexity index is 425. The molecule has 0 aromatic carbocycles. The van der Waals surface area contributed by atoms with Crippen molar-refractivity contribution >= 4 is 35.8 Å². The van der Waals surface area contributed by atoms with E-state index >= 15 is 0 Å². The monoisotopic (exact) mass is 482 g/mol. The summed E-state index contributed by atoms with van der Waals surface area (Å²) in [6.45, 7) is 4.22. The molecule has 8 heteroatoms. The third-order valence-corrected chi connectivity index (χ3v) is 4.61. The first-order valence-corrected chi connectivity index (χ1v) is 9.58. The highest BCUT2D eigenvalue weighted by atomic mass is 127. The fraction of sp³-hybridized carbons (Fsp3) is 0.889.